The fourth-order valence-corrected chi connectivity index (χ4v) is 1.88. The summed E-state index contributed by atoms with van der Waals surface area (Å²) in [5, 5.41) is 20.1. The fraction of sp³-hybridized carbons (Fsp3) is 0.571. The summed E-state index contributed by atoms with van der Waals surface area (Å²) in [6.07, 6.45) is 0.515. The number of ether oxygens (including phenoxy) is 3. The van der Waals surface area contributed by atoms with Gasteiger partial charge in [0, 0.05) is 5.56 Å². The number of benzene rings is 1. The molecule has 0 bridgehead atoms. The fourth-order valence-electron chi connectivity index (χ4n) is 1.88. The van der Waals surface area contributed by atoms with Crippen LogP contribution in [0.15, 0.2) is 0 Å². The summed E-state index contributed by atoms with van der Waals surface area (Å²) < 4.78 is 16.5. The van der Waals surface area contributed by atoms with E-state index < -0.39 is 0 Å². The van der Waals surface area contributed by atoms with Crippen LogP contribution >= 0.6 is 0 Å². The zero-order chi connectivity index (χ0) is 14.4. The van der Waals surface area contributed by atoms with Crippen molar-refractivity contribution in [3.05, 3.63) is 5.56 Å². The number of hydrogen-bond donors (Lipinski definition) is 2. The third-order valence-electron chi connectivity index (χ3n) is 2.63. The van der Waals surface area contributed by atoms with E-state index >= 15 is 0 Å². The Morgan fingerprint density at radius 3 is 1.63 bits per heavy atom. The van der Waals surface area contributed by atoms with Gasteiger partial charge in [0.15, 0.2) is 11.5 Å². The molecule has 1 aromatic rings. The molecule has 0 spiro atoms. The number of phenolic OH excluding ortho intramolecular Hbond substituents is 2. The molecular weight excluding hydrogens is 248 g/mol. The molecule has 108 valence electrons. The summed E-state index contributed by atoms with van der Waals surface area (Å²) >= 11 is 0. The minimum absolute atomic E-state index is 0.127. The minimum Gasteiger partial charge on any atom is -0.504 e. The summed E-state index contributed by atoms with van der Waals surface area (Å²) in [5.41, 5.74) is 0.520. The van der Waals surface area contributed by atoms with Crippen molar-refractivity contribution in [3.63, 3.8) is 0 Å². The molecule has 0 atom stereocenters. The Balaban J connectivity index is 3.53. The van der Waals surface area contributed by atoms with E-state index in [-0.39, 0.29) is 17.2 Å². The molecule has 5 heteroatoms. The van der Waals surface area contributed by atoms with Crippen molar-refractivity contribution in [2.45, 2.75) is 34.1 Å². The summed E-state index contributed by atoms with van der Waals surface area (Å²) in [6.45, 7) is 8.54. The number of hydrogen-bond acceptors (Lipinski definition) is 5. The predicted molar refractivity (Wildman–Crippen MR) is 72.7 cm³/mol. The molecule has 0 aliphatic heterocycles. The van der Waals surface area contributed by atoms with Gasteiger partial charge >= 0.3 is 0 Å². The molecule has 0 radical (unpaired) electrons. The summed E-state index contributed by atoms with van der Waals surface area (Å²) in [7, 11) is 0. The molecule has 0 saturated heterocycles. The second kappa shape index (κ2) is 6.97. The van der Waals surface area contributed by atoms with Crippen LogP contribution in [-0.4, -0.2) is 30.0 Å². The average Bonchev–Trinajstić information content (AvgIpc) is 2.40. The van der Waals surface area contributed by atoms with E-state index in [1.54, 1.807) is 6.92 Å². The molecule has 0 heterocycles. The van der Waals surface area contributed by atoms with Gasteiger partial charge in [0.05, 0.1) is 19.8 Å². The van der Waals surface area contributed by atoms with Crippen LogP contribution in [0, 0.1) is 0 Å². The van der Waals surface area contributed by atoms with Crippen molar-refractivity contribution in [3.8, 4) is 28.7 Å². The van der Waals surface area contributed by atoms with Gasteiger partial charge in [-0.15, -0.1) is 0 Å². The van der Waals surface area contributed by atoms with Gasteiger partial charge in [0.1, 0.15) is 0 Å². The van der Waals surface area contributed by atoms with E-state index in [0.29, 0.717) is 43.3 Å². The van der Waals surface area contributed by atoms with E-state index in [1.807, 2.05) is 20.8 Å². The Kier molecular flexibility index (Phi) is 5.60. The lowest BCUT2D eigenvalue weighted by atomic mass is 10.1. The molecule has 0 amide bonds. The van der Waals surface area contributed by atoms with Crippen molar-refractivity contribution >= 4 is 0 Å². The molecule has 5 nitrogen and oxygen atoms in total. The molecule has 2 N–H and O–H groups in total. The van der Waals surface area contributed by atoms with Crippen molar-refractivity contribution in [2.75, 3.05) is 19.8 Å². The van der Waals surface area contributed by atoms with Crippen LogP contribution < -0.4 is 14.2 Å². The first kappa shape index (κ1) is 15.3. The van der Waals surface area contributed by atoms with Crippen LogP contribution in [0.5, 0.6) is 28.7 Å². The molecule has 0 aromatic heterocycles. The van der Waals surface area contributed by atoms with Gasteiger partial charge < -0.3 is 24.4 Å². The maximum atomic E-state index is 10.0. The highest BCUT2D eigenvalue weighted by molar-refractivity contribution is 5.69. The molecule has 1 aromatic carbocycles. The highest BCUT2D eigenvalue weighted by Crippen LogP contribution is 2.52. The summed E-state index contributed by atoms with van der Waals surface area (Å²) in [4.78, 5) is 0. The van der Waals surface area contributed by atoms with Crippen LogP contribution in [0.4, 0.5) is 0 Å². The van der Waals surface area contributed by atoms with Crippen LogP contribution in [0.1, 0.15) is 33.3 Å². The smallest absolute Gasteiger partial charge is 0.211 e. The predicted octanol–water partition coefficient (Wildman–Crippen LogP) is 2.86. The van der Waals surface area contributed by atoms with Crippen LogP contribution in [0.3, 0.4) is 0 Å². The Labute approximate surface area is 113 Å². The molecule has 0 unspecified atom stereocenters. The number of aromatic hydroxyl groups is 2. The van der Waals surface area contributed by atoms with Crippen LogP contribution in [0.2, 0.25) is 0 Å². The number of rotatable bonds is 7. The second-order valence-corrected chi connectivity index (χ2v) is 3.82. The quantitative estimate of drug-likeness (QED) is 0.746. The maximum absolute atomic E-state index is 10.0. The molecule has 1 rings (SSSR count). The zero-order valence-electron chi connectivity index (χ0n) is 11.9. The Morgan fingerprint density at radius 2 is 1.16 bits per heavy atom. The van der Waals surface area contributed by atoms with Crippen LogP contribution in [0.25, 0.3) is 0 Å². The molecular formula is C14H22O5. The lowest BCUT2D eigenvalue weighted by Crippen LogP contribution is -2.05. The van der Waals surface area contributed by atoms with Gasteiger partial charge in [0.25, 0.3) is 0 Å². The van der Waals surface area contributed by atoms with E-state index in [4.69, 9.17) is 14.2 Å². The Hall–Kier alpha value is -1.78. The van der Waals surface area contributed by atoms with E-state index in [9.17, 15) is 10.2 Å². The summed E-state index contributed by atoms with van der Waals surface area (Å²) in [6, 6.07) is 0. The lowest BCUT2D eigenvalue weighted by Gasteiger charge is -2.20. The SMILES string of the molecule is CCOc1c(O)c(O)c(CC)c(OCC)c1OCC. The highest BCUT2D eigenvalue weighted by Gasteiger charge is 2.26. The third kappa shape index (κ3) is 2.97. The molecule has 0 fully saturated rings. The Bertz CT molecular complexity index is 429. The van der Waals surface area contributed by atoms with Gasteiger partial charge in [-0.3, -0.25) is 0 Å². The molecule has 19 heavy (non-hydrogen) atoms. The Morgan fingerprint density at radius 1 is 0.684 bits per heavy atom. The van der Waals surface area contributed by atoms with E-state index in [0.717, 1.165) is 0 Å². The van der Waals surface area contributed by atoms with Crippen molar-refractivity contribution < 1.29 is 24.4 Å². The van der Waals surface area contributed by atoms with Crippen LogP contribution in [-0.2, 0) is 6.42 Å². The molecule has 0 aliphatic rings. The summed E-state index contributed by atoms with van der Waals surface area (Å²) in [5.74, 6) is 0.398. The lowest BCUT2D eigenvalue weighted by molar-refractivity contribution is 0.246. The van der Waals surface area contributed by atoms with Gasteiger partial charge in [-0.1, -0.05) is 6.92 Å². The standard InChI is InChI=1S/C14H22O5/c1-5-9-10(15)11(16)13(18-7-3)14(19-8-4)12(9)17-6-2/h15-16H,5-8H2,1-4H3. The second-order valence-electron chi connectivity index (χ2n) is 3.82. The maximum Gasteiger partial charge on any atom is 0.211 e. The first-order valence-electron chi connectivity index (χ1n) is 6.61. The van der Waals surface area contributed by atoms with Gasteiger partial charge in [-0.2, -0.15) is 0 Å². The van der Waals surface area contributed by atoms with Crippen molar-refractivity contribution in [2.24, 2.45) is 0 Å². The molecule has 0 aliphatic carbocycles. The topological polar surface area (TPSA) is 68.2 Å². The largest absolute Gasteiger partial charge is 0.504 e. The highest BCUT2D eigenvalue weighted by atomic mass is 16.5. The normalized spacial score (nSPS) is 10.3. The minimum atomic E-state index is -0.300. The van der Waals surface area contributed by atoms with Gasteiger partial charge in [-0.05, 0) is 27.2 Å². The number of phenols is 2. The molecule has 0 saturated carbocycles. The third-order valence-corrected chi connectivity index (χ3v) is 2.63. The van der Waals surface area contributed by atoms with E-state index in [2.05, 4.69) is 0 Å². The average molecular weight is 270 g/mol. The first-order chi connectivity index (χ1) is 9.12. The van der Waals surface area contributed by atoms with Gasteiger partial charge in [0.2, 0.25) is 17.2 Å². The van der Waals surface area contributed by atoms with Gasteiger partial charge in [-0.25, -0.2) is 0 Å². The van der Waals surface area contributed by atoms with Crippen molar-refractivity contribution in [1.29, 1.82) is 0 Å². The van der Waals surface area contributed by atoms with Crippen molar-refractivity contribution in [1.82, 2.24) is 0 Å². The monoisotopic (exact) mass is 270 g/mol. The first-order valence-corrected chi connectivity index (χ1v) is 6.61. The zero-order valence-corrected chi connectivity index (χ0v) is 11.9. The van der Waals surface area contributed by atoms with E-state index in [1.165, 1.54) is 0 Å².